The van der Waals surface area contributed by atoms with Crippen LogP contribution in [0.5, 0.6) is 0 Å². The summed E-state index contributed by atoms with van der Waals surface area (Å²) in [5, 5.41) is 11.1. The van der Waals surface area contributed by atoms with Gasteiger partial charge in [-0.25, -0.2) is 0 Å². The van der Waals surface area contributed by atoms with E-state index in [4.69, 9.17) is 21.8 Å². The summed E-state index contributed by atoms with van der Waals surface area (Å²) in [6.07, 6.45) is 0. The monoisotopic (exact) mass is 224 g/mol. The van der Waals surface area contributed by atoms with Gasteiger partial charge < -0.3 is 15.5 Å². The van der Waals surface area contributed by atoms with Gasteiger partial charge in [0.05, 0.1) is 6.54 Å². The minimum absolute atomic E-state index is 0.231. The fraction of sp³-hybridized carbons (Fsp3) is 0.111. The third-order valence-electron chi connectivity index (χ3n) is 1.74. The minimum Gasteiger partial charge on any atom is -0.406 e. The fourth-order valence-corrected chi connectivity index (χ4v) is 1.17. The molecule has 1 heterocycles. The molecule has 0 aliphatic heterocycles. The highest BCUT2D eigenvalue weighted by atomic mass is 35.5. The predicted octanol–water partition coefficient (Wildman–Crippen LogP) is 1.93. The number of nitrogens with two attached hydrogens (primary N) is 1. The van der Waals surface area contributed by atoms with Crippen LogP contribution in [0, 0.1) is 0 Å². The van der Waals surface area contributed by atoms with E-state index in [0.717, 1.165) is 5.69 Å². The summed E-state index contributed by atoms with van der Waals surface area (Å²) in [5.74, 6) is 0.395. The number of rotatable bonds is 3. The Bertz CT molecular complexity index is 440. The van der Waals surface area contributed by atoms with Crippen LogP contribution in [0.4, 0.5) is 11.7 Å². The van der Waals surface area contributed by atoms with Crippen LogP contribution in [0.25, 0.3) is 0 Å². The Hall–Kier alpha value is -1.59. The Morgan fingerprint density at radius 3 is 2.60 bits per heavy atom. The molecule has 2 aromatic rings. The Morgan fingerprint density at radius 1 is 1.27 bits per heavy atom. The maximum atomic E-state index is 5.75. The average molecular weight is 225 g/mol. The van der Waals surface area contributed by atoms with Crippen LogP contribution < -0.4 is 11.1 Å². The van der Waals surface area contributed by atoms with Crippen molar-refractivity contribution in [2.45, 2.75) is 6.54 Å². The molecule has 0 saturated carbocycles. The molecule has 0 atom stereocenters. The second-order valence-electron chi connectivity index (χ2n) is 2.84. The first-order valence-corrected chi connectivity index (χ1v) is 4.71. The number of aromatic nitrogens is 2. The molecule has 1 aromatic carbocycles. The zero-order valence-corrected chi connectivity index (χ0v) is 8.53. The van der Waals surface area contributed by atoms with E-state index >= 15 is 0 Å². The van der Waals surface area contributed by atoms with Crippen molar-refractivity contribution in [1.29, 1.82) is 0 Å². The van der Waals surface area contributed by atoms with Crippen molar-refractivity contribution in [1.82, 2.24) is 10.2 Å². The van der Waals surface area contributed by atoms with E-state index in [2.05, 4.69) is 15.5 Å². The molecule has 0 amide bonds. The van der Waals surface area contributed by atoms with Crippen molar-refractivity contribution < 1.29 is 4.42 Å². The fourth-order valence-electron chi connectivity index (χ4n) is 1.04. The van der Waals surface area contributed by atoms with Gasteiger partial charge in [0.1, 0.15) is 0 Å². The highest BCUT2D eigenvalue weighted by molar-refractivity contribution is 6.30. The molecular weight excluding hydrogens is 216 g/mol. The molecule has 0 unspecified atom stereocenters. The summed E-state index contributed by atoms with van der Waals surface area (Å²) in [5.41, 5.74) is 6.16. The highest BCUT2D eigenvalue weighted by Gasteiger charge is 2.03. The van der Waals surface area contributed by atoms with Gasteiger partial charge in [-0.05, 0) is 24.3 Å². The second kappa shape index (κ2) is 4.29. The maximum Gasteiger partial charge on any atom is 0.320 e. The van der Waals surface area contributed by atoms with Crippen LogP contribution in [0.1, 0.15) is 5.89 Å². The van der Waals surface area contributed by atoms with E-state index in [0.29, 0.717) is 16.9 Å². The van der Waals surface area contributed by atoms with Crippen LogP contribution in [0.2, 0.25) is 5.02 Å². The van der Waals surface area contributed by atoms with Crippen molar-refractivity contribution in [2.75, 3.05) is 5.32 Å². The van der Waals surface area contributed by atoms with Crippen LogP contribution in [0.15, 0.2) is 28.7 Å². The third kappa shape index (κ3) is 2.45. The van der Waals surface area contributed by atoms with Crippen LogP contribution in [-0.4, -0.2) is 10.2 Å². The summed E-state index contributed by atoms with van der Waals surface area (Å²) in [4.78, 5) is 0. The molecule has 0 radical (unpaired) electrons. The van der Waals surface area contributed by atoms with Crippen molar-refractivity contribution in [3.63, 3.8) is 0 Å². The molecule has 0 bridgehead atoms. The van der Waals surface area contributed by atoms with E-state index in [1.54, 1.807) is 12.1 Å². The zero-order valence-electron chi connectivity index (χ0n) is 7.77. The zero-order chi connectivity index (χ0) is 10.7. The summed E-state index contributed by atoms with van der Waals surface area (Å²) in [6, 6.07) is 7.48. The van der Waals surface area contributed by atoms with Gasteiger partial charge in [0.15, 0.2) is 0 Å². The number of nitrogens with one attached hydrogen (secondary N) is 1. The van der Waals surface area contributed by atoms with E-state index in [-0.39, 0.29) is 6.54 Å². The number of benzene rings is 1. The summed E-state index contributed by atoms with van der Waals surface area (Å²) < 4.78 is 5.18. The summed E-state index contributed by atoms with van der Waals surface area (Å²) in [6.45, 7) is 0.231. The quantitative estimate of drug-likeness (QED) is 0.833. The highest BCUT2D eigenvalue weighted by Crippen LogP contribution is 2.17. The van der Waals surface area contributed by atoms with E-state index in [1.165, 1.54) is 0 Å². The first-order valence-electron chi connectivity index (χ1n) is 4.33. The molecule has 15 heavy (non-hydrogen) atoms. The van der Waals surface area contributed by atoms with Crippen molar-refractivity contribution in [3.8, 4) is 0 Å². The molecule has 0 aliphatic carbocycles. The SMILES string of the molecule is NCc1nnc(Nc2ccc(Cl)cc2)o1. The molecule has 3 N–H and O–H groups in total. The molecule has 78 valence electrons. The topological polar surface area (TPSA) is 77.0 Å². The third-order valence-corrected chi connectivity index (χ3v) is 1.99. The molecule has 1 aromatic heterocycles. The number of halogens is 1. The van der Waals surface area contributed by atoms with Gasteiger partial charge in [-0.2, -0.15) is 0 Å². The normalized spacial score (nSPS) is 10.3. The van der Waals surface area contributed by atoms with Crippen molar-refractivity contribution >= 4 is 23.3 Å². The van der Waals surface area contributed by atoms with Gasteiger partial charge in [0.25, 0.3) is 0 Å². The van der Waals surface area contributed by atoms with Gasteiger partial charge in [-0.1, -0.05) is 16.7 Å². The van der Waals surface area contributed by atoms with E-state index < -0.39 is 0 Å². The largest absolute Gasteiger partial charge is 0.406 e. The summed E-state index contributed by atoms with van der Waals surface area (Å²) >= 11 is 5.75. The molecule has 0 saturated heterocycles. The molecular formula is C9H9ClN4O. The number of nitrogens with zero attached hydrogens (tertiary/aromatic N) is 2. The number of anilines is 2. The van der Waals surface area contributed by atoms with Crippen LogP contribution >= 0.6 is 11.6 Å². The van der Waals surface area contributed by atoms with E-state index in [9.17, 15) is 0 Å². The molecule has 0 fully saturated rings. The lowest BCUT2D eigenvalue weighted by atomic mass is 10.3. The Labute approximate surface area is 91.2 Å². The molecule has 0 spiro atoms. The summed E-state index contributed by atoms with van der Waals surface area (Å²) in [7, 11) is 0. The Balaban J connectivity index is 2.11. The lowest BCUT2D eigenvalue weighted by Crippen LogP contribution is -1.95. The maximum absolute atomic E-state index is 5.75. The lowest BCUT2D eigenvalue weighted by molar-refractivity contribution is 0.511. The molecule has 0 aliphatic rings. The smallest absolute Gasteiger partial charge is 0.320 e. The standard InChI is InChI=1S/C9H9ClN4O/c10-6-1-3-7(4-2-6)12-9-14-13-8(5-11)15-9/h1-4H,5,11H2,(H,12,14). The van der Waals surface area contributed by atoms with Crippen molar-refractivity contribution in [2.24, 2.45) is 5.73 Å². The molecule has 5 nitrogen and oxygen atoms in total. The predicted molar refractivity (Wildman–Crippen MR) is 56.9 cm³/mol. The second-order valence-corrected chi connectivity index (χ2v) is 3.27. The van der Waals surface area contributed by atoms with Crippen molar-refractivity contribution in [3.05, 3.63) is 35.2 Å². The van der Waals surface area contributed by atoms with Gasteiger partial charge in [0, 0.05) is 10.7 Å². The van der Waals surface area contributed by atoms with Crippen LogP contribution in [-0.2, 0) is 6.54 Å². The Morgan fingerprint density at radius 2 is 2.00 bits per heavy atom. The molecule has 6 heteroatoms. The molecule has 2 rings (SSSR count). The average Bonchev–Trinajstić information content (AvgIpc) is 2.69. The van der Waals surface area contributed by atoms with Gasteiger partial charge in [0.2, 0.25) is 5.89 Å². The number of hydrogen-bond acceptors (Lipinski definition) is 5. The van der Waals surface area contributed by atoms with E-state index in [1.807, 2.05) is 12.1 Å². The minimum atomic E-state index is 0.231. The number of hydrogen-bond donors (Lipinski definition) is 2. The lowest BCUT2D eigenvalue weighted by Gasteiger charge is -1.99. The first-order chi connectivity index (χ1) is 7.28. The van der Waals surface area contributed by atoms with Gasteiger partial charge >= 0.3 is 6.01 Å². The Kier molecular flexibility index (Phi) is 2.84. The van der Waals surface area contributed by atoms with Crippen LogP contribution in [0.3, 0.4) is 0 Å². The first kappa shape index (κ1) is 9.95. The van der Waals surface area contributed by atoms with Gasteiger partial charge in [-0.15, -0.1) is 5.10 Å². The van der Waals surface area contributed by atoms with Gasteiger partial charge in [-0.3, -0.25) is 0 Å².